The van der Waals surface area contributed by atoms with E-state index in [4.69, 9.17) is 4.42 Å². The third-order valence-corrected chi connectivity index (χ3v) is 3.56. The van der Waals surface area contributed by atoms with Gasteiger partial charge in [-0.15, -0.1) is 0 Å². The van der Waals surface area contributed by atoms with Crippen molar-refractivity contribution in [2.24, 2.45) is 0 Å². The van der Waals surface area contributed by atoms with Crippen molar-refractivity contribution in [1.82, 2.24) is 0 Å². The molecule has 1 heterocycles. The largest absolute Gasteiger partial charge is 0.469 e. The maximum absolute atomic E-state index is 13.1. The molecule has 2 aromatic rings. The maximum atomic E-state index is 13.1. The molecule has 90 valence electrons. The predicted molar refractivity (Wildman–Crippen MR) is 69.9 cm³/mol. The molecule has 0 bridgehead atoms. The molecule has 1 unspecified atom stereocenters. The highest BCUT2D eigenvalue weighted by Crippen LogP contribution is 2.30. The van der Waals surface area contributed by atoms with Crippen LogP contribution in [0.3, 0.4) is 0 Å². The fourth-order valence-electron chi connectivity index (χ4n) is 1.90. The van der Waals surface area contributed by atoms with Crippen molar-refractivity contribution >= 4 is 15.9 Å². The summed E-state index contributed by atoms with van der Waals surface area (Å²) in [6, 6.07) is 8.67. The molecular formula is C14H14BrFO. The molecule has 2 rings (SSSR count). The van der Waals surface area contributed by atoms with Gasteiger partial charge in [0.25, 0.3) is 0 Å². The number of hydrogen-bond donors (Lipinski definition) is 0. The Morgan fingerprint density at radius 3 is 2.88 bits per heavy atom. The van der Waals surface area contributed by atoms with E-state index in [1.165, 1.54) is 6.07 Å². The van der Waals surface area contributed by atoms with E-state index in [-0.39, 0.29) is 10.6 Å². The molecule has 0 radical (unpaired) electrons. The zero-order valence-electron chi connectivity index (χ0n) is 9.62. The first-order valence-corrected chi connectivity index (χ1v) is 6.57. The van der Waals surface area contributed by atoms with E-state index in [1.807, 2.05) is 12.1 Å². The summed E-state index contributed by atoms with van der Waals surface area (Å²) in [6.45, 7) is 2.06. The summed E-state index contributed by atoms with van der Waals surface area (Å²) in [5.74, 6) is 0.799. The van der Waals surface area contributed by atoms with Crippen LogP contribution in [0.5, 0.6) is 0 Å². The number of hydrogen-bond acceptors (Lipinski definition) is 1. The number of alkyl halides is 1. The van der Waals surface area contributed by atoms with Crippen molar-refractivity contribution in [2.45, 2.75) is 24.6 Å². The molecular weight excluding hydrogens is 283 g/mol. The van der Waals surface area contributed by atoms with Crippen molar-refractivity contribution in [3.8, 4) is 0 Å². The molecule has 1 aromatic heterocycles. The minimum atomic E-state index is -0.190. The number of aryl methyl sites for hydroxylation is 1. The smallest absolute Gasteiger partial charge is 0.123 e. The summed E-state index contributed by atoms with van der Waals surface area (Å²) in [4.78, 5) is 0.165. The van der Waals surface area contributed by atoms with E-state index in [2.05, 4.69) is 22.9 Å². The Morgan fingerprint density at radius 1 is 1.35 bits per heavy atom. The summed E-state index contributed by atoms with van der Waals surface area (Å²) < 4.78 is 18.5. The molecule has 0 aliphatic rings. The van der Waals surface area contributed by atoms with Crippen molar-refractivity contribution in [2.75, 3.05) is 0 Å². The second-order valence-corrected chi connectivity index (χ2v) is 5.06. The van der Waals surface area contributed by atoms with Crippen LogP contribution in [0.4, 0.5) is 4.39 Å². The van der Waals surface area contributed by atoms with Crippen molar-refractivity contribution in [3.63, 3.8) is 0 Å². The summed E-state index contributed by atoms with van der Waals surface area (Å²) in [5.41, 5.74) is 2.13. The average molecular weight is 297 g/mol. The van der Waals surface area contributed by atoms with Crippen LogP contribution >= 0.6 is 15.9 Å². The van der Waals surface area contributed by atoms with Gasteiger partial charge in [-0.25, -0.2) is 4.39 Å². The van der Waals surface area contributed by atoms with Gasteiger partial charge in [0.15, 0.2) is 0 Å². The normalized spacial score (nSPS) is 12.6. The fourth-order valence-corrected chi connectivity index (χ4v) is 2.68. The van der Waals surface area contributed by atoms with E-state index < -0.39 is 0 Å². The van der Waals surface area contributed by atoms with E-state index in [0.29, 0.717) is 0 Å². The first-order valence-electron chi connectivity index (χ1n) is 5.65. The minimum absolute atomic E-state index is 0.165. The third kappa shape index (κ3) is 2.97. The topological polar surface area (TPSA) is 13.1 Å². The maximum Gasteiger partial charge on any atom is 0.123 e. The molecule has 0 aliphatic heterocycles. The highest BCUT2D eigenvalue weighted by atomic mass is 79.9. The lowest BCUT2D eigenvalue weighted by molar-refractivity contribution is 0.511. The quantitative estimate of drug-likeness (QED) is 0.748. The number of benzene rings is 1. The van der Waals surface area contributed by atoms with Crippen LogP contribution in [0, 0.1) is 5.82 Å². The minimum Gasteiger partial charge on any atom is -0.469 e. The summed E-state index contributed by atoms with van der Waals surface area (Å²) in [6.07, 6.45) is 3.33. The highest BCUT2D eigenvalue weighted by molar-refractivity contribution is 9.09. The lowest BCUT2D eigenvalue weighted by Crippen LogP contribution is -1.97. The monoisotopic (exact) mass is 296 g/mol. The van der Waals surface area contributed by atoms with Gasteiger partial charge in [-0.2, -0.15) is 0 Å². The molecule has 0 saturated carbocycles. The van der Waals surface area contributed by atoms with Gasteiger partial charge in [-0.05, 0) is 30.2 Å². The lowest BCUT2D eigenvalue weighted by Gasteiger charge is -2.09. The van der Waals surface area contributed by atoms with Gasteiger partial charge in [-0.1, -0.05) is 35.0 Å². The number of halogens is 2. The number of rotatable bonds is 4. The van der Waals surface area contributed by atoms with Crippen molar-refractivity contribution in [1.29, 1.82) is 0 Å². The molecule has 1 atom stereocenters. The molecule has 1 nitrogen and oxygen atoms in total. The zero-order chi connectivity index (χ0) is 12.3. The summed E-state index contributed by atoms with van der Waals surface area (Å²) in [5, 5.41) is 0. The molecule has 0 saturated heterocycles. The van der Waals surface area contributed by atoms with E-state index in [1.54, 1.807) is 18.4 Å². The van der Waals surface area contributed by atoms with Gasteiger partial charge >= 0.3 is 0 Å². The standard InChI is InChI=1S/C14H14BrFO/c1-2-14-12(6-7-17-14)13(15)9-10-4-3-5-11(16)8-10/h3-8,13H,2,9H2,1H3. The van der Waals surface area contributed by atoms with Gasteiger partial charge in [0.05, 0.1) is 6.26 Å². The molecule has 3 heteroatoms. The van der Waals surface area contributed by atoms with Crippen LogP contribution in [0.1, 0.15) is 28.6 Å². The van der Waals surface area contributed by atoms with Crippen molar-refractivity contribution in [3.05, 3.63) is 59.3 Å². The average Bonchev–Trinajstić information content (AvgIpc) is 2.77. The second-order valence-electron chi connectivity index (χ2n) is 3.95. The summed E-state index contributed by atoms with van der Waals surface area (Å²) in [7, 11) is 0. The van der Waals surface area contributed by atoms with E-state index in [0.717, 1.165) is 29.7 Å². The molecule has 0 amide bonds. The zero-order valence-corrected chi connectivity index (χ0v) is 11.2. The Hall–Kier alpha value is -1.09. The fraction of sp³-hybridized carbons (Fsp3) is 0.286. The Morgan fingerprint density at radius 2 is 2.18 bits per heavy atom. The Bertz CT molecular complexity index is 492. The van der Waals surface area contributed by atoms with Gasteiger partial charge < -0.3 is 4.42 Å². The van der Waals surface area contributed by atoms with E-state index >= 15 is 0 Å². The molecule has 1 aromatic carbocycles. The van der Waals surface area contributed by atoms with Gasteiger partial charge in [0.2, 0.25) is 0 Å². The lowest BCUT2D eigenvalue weighted by atomic mass is 10.0. The number of furan rings is 1. The second kappa shape index (κ2) is 5.50. The molecule has 17 heavy (non-hydrogen) atoms. The van der Waals surface area contributed by atoms with Gasteiger partial charge in [0.1, 0.15) is 11.6 Å². The van der Waals surface area contributed by atoms with Gasteiger partial charge in [0, 0.05) is 16.8 Å². The van der Waals surface area contributed by atoms with Crippen LogP contribution in [-0.2, 0) is 12.8 Å². The Labute approximate surface area is 109 Å². The Kier molecular flexibility index (Phi) is 4.00. The Balaban J connectivity index is 2.14. The van der Waals surface area contributed by atoms with Crippen LogP contribution < -0.4 is 0 Å². The third-order valence-electron chi connectivity index (χ3n) is 2.74. The van der Waals surface area contributed by atoms with Crippen LogP contribution in [0.2, 0.25) is 0 Å². The SMILES string of the molecule is CCc1occc1C(Br)Cc1cccc(F)c1. The van der Waals surface area contributed by atoms with E-state index in [9.17, 15) is 4.39 Å². The molecule has 0 N–H and O–H groups in total. The first kappa shape index (κ1) is 12.4. The van der Waals surface area contributed by atoms with Crippen LogP contribution in [0.15, 0.2) is 41.0 Å². The highest BCUT2D eigenvalue weighted by Gasteiger charge is 2.14. The van der Waals surface area contributed by atoms with Crippen LogP contribution in [-0.4, -0.2) is 0 Å². The molecule has 0 aliphatic carbocycles. The van der Waals surface area contributed by atoms with Crippen LogP contribution in [0.25, 0.3) is 0 Å². The summed E-state index contributed by atoms with van der Waals surface area (Å²) >= 11 is 3.64. The molecule has 0 fully saturated rings. The van der Waals surface area contributed by atoms with Gasteiger partial charge in [-0.3, -0.25) is 0 Å². The first-order chi connectivity index (χ1) is 8.20. The molecule has 0 spiro atoms. The predicted octanol–water partition coefficient (Wildman–Crippen LogP) is 4.66. The van der Waals surface area contributed by atoms with Crippen molar-refractivity contribution < 1.29 is 8.81 Å².